The van der Waals surface area contributed by atoms with Crippen LogP contribution in [0.1, 0.15) is 34.5 Å². The van der Waals surface area contributed by atoms with E-state index in [2.05, 4.69) is 0 Å². The maximum atomic E-state index is 14.1. The van der Waals surface area contributed by atoms with Crippen molar-refractivity contribution in [1.29, 1.82) is 0 Å². The summed E-state index contributed by atoms with van der Waals surface area (Å²) in [5.41, 5.74) is 4.01. The molecule has 3 aromatic carbocycles. The van der Waals surface area contributed by atoms with Gasteiger partial charge in [0.15, 0.2) is 0 Å². The van der Waals surface area contributed by atoms with Crippen LogP contribution in [0.4, 0.5) is 8.78 Å². The minimum absolute atomic E-state index is 0.0855. The zero-order chi connectivity index (χ0) is 19.0. The number of rotatable bonds is 3. The first-order valence-electron chi connectivity index (χ1n) is 8.99. The van der Waals surface area contributed by atoms with Crippen molar-refractivity contribution in [3.63, 3.8) is 0 Å². The Balaban J connectivity index is 1.63. The van der Waals surface area contributed by atoms with Crippen LogP contribution in [-0.2, 0) is 6.42 Å². The summed E-state index contributed by atoms with van der Waals surface area (Å²) in [6.45, 7) is 2.39. The topological polar surface area (TPSA) is 20.3 Å². The number of halogens is 2. The van der Waals surface area contributed by atoms with Gasteiger partial charge in [0.1, 0.15) is 11.6 Å². The molecule has 0 spiro atoms. The lowest BCUT2D eigenvalue weighted by Gasteiger charge is -2.34. The number of carbonyl (C=O) groups is 1. The van der Waals surface area contributed by atoms with Crippen molar-refractivity contribution in [3.8, 4) is 11.1 Å². The molecule has 1 amide bonds. The molecule has 0 bridgehead atoms. The first kappa shape index (κ1) is 17.4. The number of nitrogens with zero attached hydrogens (tertiary/aromatic N) is 1. The average molecular weight is 363 g/mol. The van der Waals surface area contributed by atoms with Crippen LogP contribution in [0, 0.1) is 11.6 Å². The van der Waals surface area contributed by atoms with Gasteiger partial charge < -0.3 is 4.90 Å². The van der Waals surface area contributed by atoms with Crippen LogP contribution in [-0.4, -0.2) is 17.4 Å². The lowest BCUT2D eigenvalue weighted by atomic mass is 9.92. The van der Waals surface area contributed by atoms with Crippen LogP contribution in [0.2, 0.25) is 0 Å². The highest BCUT2D eigenvalue weighted by molar-refractivity contribution is 5.97. The van der Waals surface area contributed by atoms with Gasteiger partial charge in [0, 0.05) is 17.7 Å². The van der Waals surface area contributed by atoms with Crippen molar-refractivity contribution in [2.75, 3.05) is 6.54 Å². The maximum absolute atomic E-state index is 14.1. The fourth-order valence-corrected chi connectivity index (χ4v) is 3.68. The normalized spacial score (nSPS) is 14.8. The van der Waals surface area contributed by atoms with Gasteiger partial charge in [-0.1, -0.05) is 42.5 Å². The van der Waals surface area contributed by atoms with Crippen LogP contribution in [0.25, 0.3) is 11.1 Å². The largest absolute Gasteiger partial charge is 0.331 e. The second-order valence-corrected chi connectivity index (χ2v) is 6.82. The van der Waals surface area contributed by atoms with Crippen molar-refractivity contribution in [3.05, 3.63) is 95.1 Å². The second kappa shape index (κ2) is 6.95. The van der Waals surface area contributed by atoms with Gasteiger partial charge in [0.05, 0.1) is 6.04 Å². The first-order valence-corrected chi connectivity index (χ1v) is 8.99. The molecule has 0 saturated carbocycles. The summed E-state index contributed by atoms with van der Waals surface area (Å²) in [5, 5.41) is 0. The molecule has 1 unspecified atom stereocenters. The van der Waals surface area contributed by atoms with E-state index >= 15 is 0 Å². The summed E-state index contributed by atoms with van der Waals surface area (Å²) in [5.74, 6) is -0.655. The van der Waals surface area contributed by atoms with Crippen LogP contribution >= 0.6 is 0 Å². The highest BCUT2D eigenvalue weighted by Crippen LogP contribution is 2.31. The minimum Gasteiger partial charge on any atom is -0.331 e. The standard InChI is InChI=1S/C23H19F2NO/c1-15(20-4-2-3-5-22(20)25)26-13-12-18-14-17(8-11-21(18)23(26)27)16-6-9-19(24)10-7-16/h2-11,14-15H,12-13H2,1H3. The molecule has 2 nitrogen and oxygen atoms in total. The van der Waals surface area contributed by atoms with Crippen LogP contribution in [0.5, 0.6) is 0 Å². The highest BCUT2D eigenvalue weighted by Gasteiger charge is 2.29. The lowest BCUT2D eigenvalue weighted by Crippen LogP contribution is -2.39. The first-order chi connectivity index (χ1) is 13.0. The maximum Gasteiger partial charge on any atom is 0.254 e. The number of carbonyl (C=O) groups excluding carboxylic acids is 1. The monoisotopic (exact) mass is 363 g/mol. The van der Waals surface area contributed by atoms with E-state index in [0.29, 0.717) is 24.1 Å². The Morgan fingerprint density at radius 1 is 0.926 bits per heavy atom. The molecule has 1 heterocycles. The van der Waals surface area contributed by atoms with Gasteiger partial charge in [-0.25, -0.2) is 8.78 Å². The van der Waals surface area contributed by atoms with Crippen molar-refractivity contribution >= 4 is 5.91 Å². The predicted octanol–water partition coefficient (Wildman–Crippen LogP) is 5.39. The molecule has 1 atom stereocenters. The van der Waals surface area contributed by atoms with Crippen molar-refractivity contribution in [1.82, 2.24) is 4.90 Å². The van der Waals surface area contributed by atoms with Gasteiger partial charge in [-0.2, -0.15) is 0 Å². The molecule has 0 N–H and O–H groups in total. The van der Waals surface area contributed by atoms with Crippen molar-refractivity contribution in [2.45, 2.75) is 19.4 Å². The summed E-state index contributed by atoms with van der Waals surface area (Å²) in [6.07, 6.45) is 0.703. The van der Waals surface area contributed by atoms with Crippen LogP contribution in [0.3, 0.4) is 0 Å². The third-order valence-corrected chi connectivity index (χ3v) is 5.22. The molecule has 1 aliphatic heterocycles. The van der Waals surface area contributed by atoms with Gasteiger partial charge in [-0.3, -0.25) is 4.79 Å². The minimum atomic E-state index is -0.330. The third kappa shape index (κ3) is 3.23. The second-order valence-electron chi connectivity index (χ2n) is 6.82. The quantitative estimate of drug-likeness (QED) is 0.611. The fraction of sp³-hybridized carbons (Fsp3) is 0.174. The van der Waals surface area contributed by atoms with Gasteiger partial charge >= 0.3 is 0 Å². The fourth-order valence-electron chi connectivity index (χ4n) is 3.68. The molecule has 136 valence electrons. The Labute approximate surface area is 157 Å². The Kier molecular flexibility index (Phi) is 4.48. The van der Waals surface area contributed by atoms with E-state index in [1.807, 2.05) is 25.1 Å². The third-order valence-electron chi connectivity index (χ3n) is 5.22. The van der Waals surface area contributed by atoms with Crippen molar-refractivity contribution in [2.24, 2.45) is 0 Å². The molecular formula is C23H19F2NO. The van der Waals surface area contributed by atoms with Crippen LogP contribution < -0.4 is 0 Å². The van der Waals surface area contributed by atoms with E-state index in [4.69, 9.17) is 0 Å². The molecule has 27 heavy (non-hydrogen) atoms. The predicted molar refractivity (Wildman–Crippen MR) is 101 cm³/mol. The molecular weight excluding hydrogens is 344 g/mol. The van der Waals surface area contributed by atoms with E-state index < -0.39 is 0 Å². The number of hydrogen-bond acceptors (Lipinski definition) is 1. The highest BCUT2D eigenvalue weighted by atomic mass is 19.1. The molecule has 3 aromatic rings. The van der Waals surface area contributed by atoms with E-state index in [-0.39, 0.29) is 23.6 Å². The Morgan fingerprint density at radius 2 is 1.63 bits per heavy atom. The molecule has 0 aliphatic carbocycles. The van der Waals surface area contributed by atoms with Crippen LogP contribution in [0.15, 0.2) is 66.7 Å². The van der Waals surface area contributed by atoms with Gasteiger partial charge in [-0.05, 0) is 54.3 Å². The number of amides is 1. The number of fused-ring (bicyclic) bond motifs is 1. The van der Waals surface area contributed by atoms with E-state index in [1.54, 1.807) is 35.2 Å². The Hall–Kier alpha value is -3.01. The summed E-state index contributed by atoms with van der Waals surface area (Å²) in [4.78, 5) is 14.7. The van der Waals surface area contributed by atoms with E-state index in [9.17, 15) is 13.6 Å². The van der Waals surface area contributed by atoms with Gasteiger partial charge in [0.2, 0.25) is 0 Å². The molecule has 0 aromatic heterocycles. The molecule has 4 heteroatoms. The molecule has 0 fully saturated rings. The molecule has 0 radical (unpaired) electrons. The Morgan fingerprint density at radius 3 is 2.37 bits per heavy atom. The lowest BCUT2D eigenvalue weighted by molar-refractivity contribution is 0.0670. The summed E-state index contributed by atoms with van der Waals surface area (Å²) in [7, 11) is 0. The van der Waals surface area contributed by atoms with Gasteiger partial charge in [0.25, 0.3) is 5.91 Å². The van der Waals surface area contributed by atoms with E-state index in [1.165, 1.54) is 18.2 Å². The summed E-state index contributed by atoms with van der Waals surface area (Å²) >= 11 is 0. The Bertz CT molecular complexity index is 998. The number of benzene rings is 3. The summed E-state index contributed by atoms with van der Waals surface area (Å²) < 4.78 is 27.3. The van der Waals surface area contributed by atoms with Gasteiger partial charge in [-0.15, -0.1) is 0 Å². The van der Waals surface area contributed by atoms with Crippen molar-refractivity contribution < 1.29 is 13.6 Å². The smallest absolute Gasteiger partial charge is 0.254 e. The zero-order valence-corrected chi connectivity index (χ0v) is 15.0. The molecule has 1 aliphatic rings. The SMILES string of the molecule is CC(c1ccccc1F)N1CCc2cc(-c3ccc(F)cc3)ccc2C1=O. The molecule has 0 saturated heterocycles. The molecule has 4 rings (SSSR count). The zero-order valence-electron chi connectivity index (χ0n) is 15.0. The van der Waals surface area contributed by atoms with E-state index in [0.717, 1.165) is 16.7 Å². The number of hydrogen-bond donors (Lipinski definition) is 0. The summed E-state index contributed by atoms with van der Waals surface area (Å²) in [6, 6.07) is 18.2. The average Bonchev–Trinajstić information content (AvgIpc) is 2.68.